The number of aromatic nitrogens is 3. The number of imidazole rings is 1. The van der Waals surface area contributed by atoms with Gasteiger partial charge < -0.3 is 4.57 Å². The molecule has 62 valence electrons. The van der Waals surface area contributed by atoms with Crippen molar-refractivity contribution in [2.45, 2.75) is 6.92 Å². The Morgan fingerprint density at radius 1 is 1.50 bits per heavy atom. The lowest BCUT2D eigenvalue weighted by Gasteiger charge is -1.94. The van der Waals surface area contributed by atoms with E-state index < -0.39 is 0 Å². The van der Waals surface area contributed by atoms with Crippen LogP contribution in [0.3, 0.4) is 0 Å². The number of halogens is 1. The molecule has 0 unspecified atom stereocenters. The average Bonchev–Trinajstić information content (AvgIpc) is 2.32. The van der Waals surface area contributed by atoms with Crippen LogP contribution in [0.1, 0.15) is 5.82 Å². The van der Waals surface area contributed by atoms with Crippen LogP contribution in [0.25, 0.3) is 11.2 Å². The first-order valence-corrected chi connectivity index (χ1v) is 4.71. The summed E-state index contributed by atoms with van der Waals surface area (Å²) < 4.78 is 3.15. The second-order valence-electron chi connectivity index (χ2n) is 2.68. The van der Waals surface area contributed by atoms with Crippen molar-refractivity contribution in [3.05, 3.63) is 21.7 Å². The van der Waals surface area contributed by atoms with E-state index in [1.54, 1.807) is 0 Å². The fourth-order valence-corrected chi connectivity index (χ4v) is 1.68. The summed E-state index contributed by atoms with van der Waals surface area (Å²) in [6.07, 6.45) is 1.81. The Bertz CT molecular complexity index is 433. The van der Waals surface area contributed by atoms with Crippen LogP contribution >= 0.6 is 22.6 Å². The standard InChI is InChI=1S/C8H8IN3/c1-5-11-7-6(9)3-4-10-8(7)12(5)2/h3-4H,1-2H3. The molecule has 0 saturated heterocycles. The van der Waals surface area contributed by atoms with Gasteiger partial charge in [-0.2, -0.15) is 0 Å². The van der Waals surface area contributed by atoms with E-state index in [0.29, 0.717) is 0 Å². The Labute approximate surface area is 84.0 Å². The molecular weight excluding hydrogens is 265 g/mol. The fraction of sp³-hybridized carbons (Fsp3) is 0.250. The Hall–Kier alpha value is -0.650. The second-order valence-corrected chi connectivity index (χ2v) is 3.85. The monoisotopic (exact) mass is 273 g/mol. The quantitative estimate of drug-likeness (QED) is 0.686. The van der Waals surface area contributed by atoms with Crippen molar-refractivity contribution >= 4 is 33.8 Å². The highest BCUT2D eigenvalue weighted by molar-refractivity contribution is 14.1. The minimum Gasteiger partial charge on any atom is -0.316 e. The van der Waals surface area contributed by atoms with Gasteiger partial charge in [-0.1, -0.05) is 0 Å². The number of nitrogens with zero attached hydrogens (tertiary/aromatic N) is 3. The SMILES string of the molecule is Cc1nc2c(I)ccnc2n1C. The van der Waals surface area contributed by atoms with Crippen LogP contribution in [0.4, 0.5) is 0 Å². The van der Waals surface area contributed by atoms with Gasteiger partial charge in [0.25, 0.3) is 0 Å². The predicted octanol–water partition coefficient (Wildman–Crippen LogP) is 1.88. The molecular formula is C8H8IN3. The van der Waals surface area contributed by atoms with E-state index in [2.05, 4.69) is 32.6 Å². The van der Waals surface area contributed by atoms with E-state index in [1.165, 1.54) is 0 Å². The van der Waals surface area contributed by atoms with Crippen LogP contribution in [0.5, 0.6) is 0 Å². The van der Waals surface area contributed by atoms with Gasteiger partial charge in [0.1, 0.15) is 11.3 Å². The van der Waals surface area contributed by atoms with E-state index in [9.17, 15) is 0 Å². The fourth-order valence-electron chi connectivity index (χ4n) is 1.16. The summed E-state index contributed by atoms with van der Waals surface area (Å²) in [5.74, 6) is 1.00. The Kier molecular flexibility index (Phi) is 1.79. The van der Waals surface area contributed by atoms with Gasteiger partial charge in [0.2, 0.25) is 0 Å². The average molecular weight is 273 g/mol. The normalized spacial score (nSPS) is 10.9. The molecule has 0 radical (unpaired) electrons. The van der Waals surface area contributed by atoms with Crippen molar-refractivity contribution < 1.29 is 0 Å². The van der Waals surface area contributed by atoms with Crippen LogP contribution in [0.2, 0.25) is 0 Å². The summed E-state index contributed by atoms with van der Waals surface area (Å²) in [6, 6.07) is 1.97. The highest BCUT2D eigenvalue weighted by Crippen LogP contribution is 2.17. The van der Waals surface area contributed by atoms with Crippen molar-refractivity contribution in [3.63, 3.8) is 0 Å². The summed E-state index contributed by atoms with van der Waals surface area (Å²) in [4.78, 5) is 8.66. The summed E-state index contributed by atoms with van der Waals surface area (Å²) in [5.41, 5.74) is 1.96. The molecule has 0 saturated carbocycles. The summed E-state index contributed by atoms with van der Waals surface area (Å²) in [6.45, 7) is 1.98. The number of hydrogen-bond acceptors (Lipinski definition) is 2. The lowest BCUT2D eigenvalue weighted by molar-refractivity contribution is 0.874. The minimum absolute atomic E-state index is 0.958. The molecule has 0 amide bonds. The number of fused-ring (bicyclic) bond motifs is 1. The summed E-state index contributed by atoms with van der Waals surface area (Å²) in [7, 11) is 1.98. The molecule has 0 aliphatic heterocycles. The van der Waals surface area contributed by atoms with Gasteiger partial charge in [-0.05, 0) is 35.6 Å². The zero-order chi connectivity index (χ0) is 8.72. The molecule has 0 aliphatic rings. The summed E-state index contributed by atoms with van der Waals surface area (Å²) >= 11 is 2.27. The van der Waals surface area contributed by atoms with Crippen LogP contribution in [0.15, 0.2) is 12.3 Å². The van der Waals surface area contributed by atoms with E-state index in [4.69, 9.17) is 0 Å². The largest absolute Gasteiger partial charge is 0.316 e. The van der Waals surface area contributed by atoms with Crippen molar-refractivity contribution in [1.29, 1.82) is 0 Å². The number of rotatable bonds is 0. The van der Waals surface area contributed by atoms with Gasteiger partial charge in [0.05, 0.1) is 0 Å². The maximum absolute atomic E-state index is 4.41. The molecule has 3 nitrogen and oxygen atoms in total. The summed E-state index contributed by atoms with van der Waals surface area (Å²) in [5, 5.41) is 0. The highest BCUT2D eigenvalue weighted by Gasteiger charge is 2.06. The number of hydrogen-bond donors (Lipinski definition) is 0. The lowest BCUT2D eigenvalue weighted by Crippen LogP contribution is -1.91. The molecule has 2 heterocycles. The van der Waals surface area contributed by atoms with Gasteiger partial charge in [0.15, 0.2) is 5.65 Å². The molecule has 0 aliphatic carbocycles. The van der Waals surface area contributed by atoms with Gasteiger partial charge in [-0.25, -0.2) is 9.97 Å². The first-order chi connectivity index (χ1) is 5.70. The molecule has 2 aromatic rings. The van der Waals surface area contributed by atoms with Gasteiger partial charge in [-0.15, -0.1) is 0 Å². The maximum Gasteiger partial charge on any atom is 0.160 e. The number of pyridine rings is 1. The molecule has 0 aromatic carbocycles. The molecule has 0 spiro atoms. The highest BCUT2D eigenvalue weighted by atomic mass is 127. The van der Waals surface area contributed by atoms with E-state index in [1.807, 2.05) is 30.8 Å². The lowest BCUT2D eigenvalue weighted by atomic mass is 10.4. The molecule has 0 bridgehead atoms. The van der Waals surface area contributed by atoms with Crippen LogP contribution in [0, 0.1) is 10.5 Å². The Balaban J connectivity index is 2.95. The van der Waals surface area contributed by atoms with Crippen LogP contribution < -0.4 is 0 Å². The van der Waals surface area contributed by atoms with E-state index >= 15 is 0 Å². The topological polar surface area (TPSA) is 30.7 Å². The van der Waals surface area contributed by atoms with Gasteiger partial charge in [0, 0.05) is 16.8 Å². The molecule has 12 heavy (non-hydrogen) atoms. The Morgan fingerprint density at radius 2 is 2.25 bits per heavy atom. The maximum atomic E-state index is 4.41. The third-order valence-corrected chi connectivity index (χ3v) is 2.80. The minimum atomic E-state index is 0.958. The first kappa shape index (κ1) is 7.97. The Morgan fingerprint density at radius 3 is 2.92 bits per heavy atom. The van der Waals surface area contributed by atoms with Crippen molar-refractivity contribution in [2.24, 2.45) is 7.05 Å². The van der Waals surface area contributed by atoms with Crippen molar-refractivity contribution in [1.82, 2.24) is 14.5 Å². The molecule has 2 rings (SSSR count). The number of aryl methyl sites for hydroxylation is 2. The second kappa shape index (κ2) is 2.69. The molecule has 0 atom stereocenters. The van der Waals surface area contributed by atoms with Crippen molar-refractivity contribution in [2.75, 3.05) is 0 Å². The third-order valence-electron chi connectivity index (χ3n) is 1.93. The third kappa shape index (κ3) is 1.01. The van der Waals surface area contributed by atoms with Crippen molar-refractivity contribution in [3.8, 4) is 0 Å². The molecule has 0 fully saturated rings. The zero-order valence-electron chi connectivity index (χ0n) is 6.87. The molecule has 2 aromatic heterocycles. The van der Waals surface area contributed by atoms with Gasteiger partial charge >= 0.3 is 0 Å². The van der Waals surface area contributed by atoms with Gasteiger partial charge in [-0.3, -0.25) is 0 Å². The first-order valence-electron chi connectivity index (χ1n) is 3.63. The molecule has 0 N–H and O–H groups in total. The van der Waals surface area contributed by atoms with Crippen LogP contribution in [-0.4, -0.2) is 14.5 Å². The molecule has 4 heteroatoms. The van der Waals surface area contributed by atoms with Crippen LogP contribution in [-0.2, 0) is 7.05 Å². The zero-order valence-corrected chi connectivity index (χ0v) is 9.03. The van der Waals surface area contributed by atoms with E-state index in [0.717, 1.165) is 20.6 Å². The smallest absolute Gasteiger partial charge is 0.160 e. The van der Waals surface area contributed by atoms with E-state index in [-0.39, 0.29) is 0 Å². The predicted molar refractivity (Wildman–Crippen MR) is 56.0 cm³/mol.